The third-order valence-corrected chi connectivity index (χ3v) is 4.65. The third kappa shape index (κ3) is 4.29. The van der Waals surface area contributed by atoms with E-state index in [4.69, 9.17) is 0 Å². The van der Waals surface area contributed by atoms with Gasteiger partial charge in [0.05, 0.1) is 7.11 Å². The summed E-state index contributed by atoms with van der Waals surface area (Å²) < 4.78 is 33.3. The standard InChI is InChI=1S/C13H21N3O6S/c1-8(2)6-9(12(18)22-5)14-23(20,21)10-7-15(3)13(19)16(4)11(10)17/h7-9,14H,6H2,1-5H3/t9-/m1/s1. The van der Waals surface area contributed by atoms with Gasteiger partial charge >= 0.3 is 11.7 Å². The van der Waals surface area contributed by atoms with Gasteiger partial charge in [-0.05, 0) is 12.3 Å². The molecule has 1 aromatic rings. The molecule has 0 saturated carbocycles. The molecule has 0 aliphatic carbocycles. The van der Waals surface area contributed by atoms with Gasteiger partial charge in [-0.1, -0.05) is 13.8 Å². The number of esters is 1. The Hall–Kier alpha value is -1.94. The second-order valence-corrected chi connectivity index (χ2v) is 7.26. The summed E-state index contributed by atoms with van der Waals surface area (Å²) in [5.74, 6) is -0.728. The molecule has 130 valence electrons. The first-order valence-electron chi connectivity index (χ1n) is 6.88. The van der Waals surface area contributed by atoms with E-state index in [9.17, 15) is 22.8 Å². The van der Waals surface area contributed by atoms with E-state index in [1.54, 1.807) is 0 Å². The molecule has 0 saturated heterocycles. The first-order valence-corrected chi connectivity index (χ1v) is 8.36. The molecule has 1 heterocycles. The number of hydrogen-bond donors (Lipinski definition) is 1. The summed E-state index contributed by atoms with van der Waals surface area (Å²) in [6.07, 6.45) is 1.13. The molecule has 0 spiro atoms. The van der Waals surface area contributed by atoms with Crippen LogP contribution in [-0.2, 0) is 33.7 Å². The van der Waals surface area contributed by atoms with Crippen molar-refractivity contribution >= 4 is 16.0 Å². The molecule has 10 heteroatoms. The maximum atomic E-state index is 12.4. The van der Waals surface area contributed by atoms with E-state index >= 15 is 0 Å². The molecule has 0 amide bonds. The van der Waals surface area contributed by atoms with Gasteiger partial charge in [-0.2, -0.15) is 4.72 Å². The fourth-order valence-corrected chi connectivity index (χ4v) is 3.37. The van der Waals surface area contributed by atoms with Crippen molar-refractivity contribution in [2.75, 3.05) is 7.11 Å². The van der Waals surface area contributed by atoms with E-state index < -0.39 is 38.2 Å². The Bertz CT molecular complexity index is 806. The zero-order chi connectivity index (χ0) is 17.9. The predicted octanol–water partition coefficient (Wildman–Crippen LogP) is -1.05. The average Bonchev–Trinajstić information content (AvgIpc) is 2.46. The highest BCUT2D eigenvalue weighted by molar-refractivity contribution is 7.89. The van der Waals surface area contributed by atoms with Crippen LogP contribution in [0.5, 0.6) is 0 Å². The van der Waals surface area contributed by atoms with Crippen LogP contribution in [0, 0.1) is 5.92 Å². The van der Waals surface area contributed by atoms with E-state index in [2.05, 4.69) is 9.46 Å². The highest BCUT2D eigenvalue weighted by Crippen LogP contribution is 2.10. The molecule has 9 nitrogen and oxygen atoms in total. The number of carbonyl (C=O) groups is 1. The van der Waals surface area contributed by atoms with Gasteiger partial charge < -0.3 is 9.30 Å². The number of sulfonamides is 1. The lowest BCUT2D eigenvalue weighted by Crippen LogP contribution is -2.46. The van der Waals surface area contributed by atoms with Gasteiger partial charge in [-0.3, -0.25) is 14.2 Å². The Kier molecular flexibility index (Phi) is 5.89. The molecule has 0 aliphatic heterocycles. The lowest BCUT2D eigenvalue weighted by molar-refractivity contribution is -0.143. The SMILES string of the molecule is COC(=O)[C@@H](CC(C)C)NS(=O)(=O)c1cn(C)c(=O)n(C)c1=O. The Morgan fingerprint density at radius 1 is 1.30 bits per heavy atom. The second-order valence-electron chi connectivity index (χ2n) is 5.58. The van der Waals surface area contributed by atoms with Crippen LogP contribution in [-0.4, -0.2) is 36.7 Å². The Morgan fingerprint density at radius 3 is 2.35 bits per heavy atom. The molecule has 0 aromatic carbocycles. The molecule has 1 atom stereocenters. The topological polar surface area (TPSA) is 116 Å². The van der Waals surface area contributed by atoms with E-state index in [1.807, 2.05) is 13.8 Å². The maximum Gasteiger partial charge on any atom is 0.330 e. The first-order chi connectivity index (χ1) is 10.5. The fraction of sp³-hybridized carbons (Fsp3) is 0.615. The number of methoxy groups -OCH3 is 1. The van der Waals surface area contributed by atoms with Crippen molar-refractivity contribution in [3.8, 4) is 0 Å². The van der Waals surface area contributed by atoms with E-state index in [1.165, 1.54) is 14.1 Å². The van der Waals surface area contributed by atoms with Gasteiger partial charge in [0, 0.05) is 20.3 Å². The van der Waals surface area contributed by atoms with Crippen LogP contribution in [0.3, 0.4) is 0 Å². The Balaban J connectivity index is 3.34. The monoisotopic (exact) mass is 347 g/mol. The van der Waals surface area contributed by atoms with Gasteiger partial charge in [0.25, 0.3) is 5.56 Å². The zero-order valence-electron chi connectivity index (χ0n) is 13.7. The van der Waals surface area contributed by atoms with Crippen molar-refractivity contribution in [3.63, 3.8) is 0 Å². The summed E-state index contributed by atoms with van der Waals surface area (Å²) in [6, 6.07) is -1.12. The van der Waals surface area contributed by atoms with E-state index in [0.717, 1.165) is 17.9 Å². The maximum absolute atomic E-state index is 12.4. The van der Waals surface area contributed by atoms with Gasteiger partial charge in [0.2, 0.25) is 10.0 Å². The molecule has 0 bridgehead atoms. The second kappa shape index (κ2) is 7.09. The molecule has 0 unspecified atom stereocenters. The molecule has 1 N–H and O–H groups in total. The largest absolute Gasteiger partial charge is 0.468 e. The van der Waals surface area contributed by atoms with Crippen LogP contribution < -0.4 is 16.0 Å². The number of aryl methyl sites for hydroxylation is 1. The minimum absolute atomic E-state index is 0.0183. The van der Waals surface area contributed by atoms with Crippen LogP contribution >= 0.6 is 0 Å². The number of nitrogens with zero attached hydrogens (tertiary/aromatic N) is 2. The average molecular weight is 347 g/mol. The quantitative estimate of drug-likeness (QED) is 0.656. The fourth-order valence-electron chi connectivity index (χ4n) is 2.02. The van der Waals surface area contributed by atoms with Crippen molar-refractivity contribution in [3.05, 3.63) is 27.0 Å². The minimum Gasteiger partial charge on any atom is -0.468 e. The molecule has 1 aromatic heterocycles. The number of ether oxygens (including phenoxy) is 1. The van der Waals surface area contributed by atoms with Crippen molar-refractivity contribution in [1.82, 2.24) is 13.9 Å². The third-order valence-electron chi connectivity index (χ3n) is 3.19. The summed E-state index contributed by atoms with van der Waals surface area (Å²) in [6.45, 7) is 3.63. The summed E-state index contributed by atoms with van der Waals surface area (Å²) in [7, 11) is -0.646. The molecule has 0 radical (unpaired) electrons. The molecule has 0 aliphatic rings. The lowest BCUT2D eigenvalue weighted by atomic mass is 10.1. The zero-order valence-corrected chi connectivity index (χ0v) is 14.5. The van der Waals surface area contributed by atoms with Crippen LogP contribution in [0.2, 0.25) is 0 Å². The van der Waals surface area contributed by atoms with Gasteiger partial charge in [-0.15, -0.1) is 0 Å². The summed E-state index contributed by atoms with van der Waals surface area (Å²) >= 11 is 0. The summed E-state index contributed by atoms with van der Waals surface area (Å²) in [4.78, 5) is 34.8. The lowest BCUT2D eigenvalue weighted by Gasteiger charge is -2.18. The van der Waals surface area contributed by atoms with Crippen molar-refractivity contribution < 1.29 is 17.9 Å². The first kappa shape index (κ1) is 19.1. The van der Waals surface area contributed by atoms with Crippen LogP contribution in [0.1, 0.15) is 20.3 Å². The number of aromatic nitrogens is 2. The normalized spacial score (nSPS) is 13.1. The van der Waals surface area contributed by atoms with Crippen molar-refractivity contribution in [1.29, 1.82) is 0 Å². The molecular weight excluding hydrogens is 326 g/mol. The number of nitrogens with one attached hydrogen (secondary N) is 1. The van der Waals surface area contributed by atoms with Crippen LogP contribution in [0.15, 0.2) is 20.7 Å². The Labute approximate surface area is 133 Å². The number of rotatable bonds is 6. The minimum atomic E-state index is -4.30. The summed E-state index contributed by atoms with van der Waals surface area (Å²) in [5.41, 5.74) is -1.62. The predicted molar refractivity (Wildman–Crippen MR) is 82.5 cm³/mol. The van der Waals surface area contributed by atoms with Gasteiger partial charge in [0.1, 0.15) is 6.04 Å². The van der Waals surface area contributed by atoms with Gasteiger partial charge in [0.15, 0.2) is 4.90 Å². The molecule has 0 fully saturated rings. The summed E-state index contributed by atoms with van der Waals surface area (Å²) in [5, 5.41) is 0. The molecular formula is C13H21N3O6S. The molecule has 1 rings (SSSR count). The van der Waals surface area contributed by atoms with Crippen molar-refractivity contribution in [2.24, 2.45) is 20.0 Å². The van der Waals surface area contributed by atoms with Crippen LogP contribution in [0.4, 0.5) is 0 Å². The number of hydrogen-bond acceptors (Lipinski definition) is 6. The van der Waals surface area contributed by atoms with E-state index in [0.29, 0.717) is 4.57 Å². The highest BCUT2D eigenvalue weighted by atomic mass is 32.2. The van der Waals surface area contributed by atoms with Gasteiger partial charge in [-0.25, -0.2) is 13.2 Å². The van der Waals surface area contributed by atoms with Crippen molar-refractivity contribution in [2.45, 2.75) is 31.2 Å². The highest BCUT2D eigenvalue weighted by Gasteiger charge is 2.29. The van der Waals surface area contributed by atoms with E-state index in [-0.39, 0.29) is 12.3 Å². The number of carbonyl (C=O) groups excluding carboxylic acids is 1. The Morgan fingerprint density at radius 2 is 1.87 bits per heavy atom. The smallest absolute Gasteiger partial charge is 0.330 e. The van der Waals surface area contributed by atoms with Crippen LogP contribution in [0.25, 0.3) is 0 Å². The molecule has 23 heavy (non-hydrogen) atoms.